The Bertz CT molecular complexity index is 497. The Kier molecular flexibility index (Phi) is 7.80. The van der Waals surface area contributed by atoms with Crippen LogP contribution in [0, 0.1) is 23.5 Å². The second-order valence-corrected chi connectivity index (χ2v) is 6.82. The molecule has 0 heterocycles. The second kappa shape index (κ2) is 9.85. The van der Waals surface area contributed by atoms with Crippen molar-refractivity contribution in [3.63, 3.8) is 0 Å². The zero-order valence-electron chi connectivity index (χ0n) is 15.0. The molecule has 0 aliphatic heterocycles. The number of hydrogen-bond donors (Lipinski definition) is 0. The summed E-state index contributed by atoms with van der Waals surface area (Å²) in [5, 5.41) is 0. The van der Waals surface area contributed by atoms with E-state index in [0.29, 0.717) is 19.1 Å². The molecule has 0 aromatic heterocycles. The Morgan fingerprint density at radius 2 is 1.46 bits per heavy atom. The van der Waals surface area contributed by atoms with Crippen LogP contribution in [-0.4, -0.2) is 13.2 Å². The highest BCUT2D eigenvalue weighted by Gasteiger charge is 2.22. The lowest BCUT2D eigenvalue weighted by molar-refractivity contribution is 0.172. The highest BCUT2D eigenvalue weighted by molar-refractivity contribution is 5.35. The molecule has 0 bridgehead atoms. The summed E-state index contributed by atoms with van der Waals surface area (Å²) in [6.45, 7) is 4.74. The molecule has 1 saturated carbocycles. The minimum Gasteiger partial charge on any atom is -0.491 e. The van der Waals surface area contributed by atoms with E-state index in [9.17, 15) is 8.78 Å². The van der Waals surface area contributed by atoms with Gasteiger partial charge in [0.2, 0.25) is 11.6 Å². The van der Waals surface area contributed by atoms with Gasteiger partial charge in [-0.3, -0.25) is 0 Å². The summed E-state index contributed by atoms with van der Waals surface area (Å²) in [5.41, 5.74) is 0. The van der Waals surface area contributed by atoms with Gasteiger partial charge in [0.15, 0.2) is 11.5 Å². The molecule has 1 aromatic rings. The van der Waals surface area contributed by atoms with Gasteiger partial charge in [-0.25, -0.2) is 0 Å². The van der Waals surface area contributed by atoms with E-state index in [1.54, 1.807) is 6.92 Å². The van der Waals surface area contributed by atoms with Gasteiger partial charge in [0, 0.05) is 0 Å². The molecule has 0 atom stereocenters. The normalized spacial score (nSPS) is 20.8. The van der Waals surface area contributed by atoms with Crippen LogP contribution in [0.15, 0.2) is 12.1 Å². The number of halogens is 2. The predicted molar refractivity (Wildman–Crippen MR) is 92.6 cm³/mol. The molecule has 24 heavy (non-hydrogen) atoms. The van der Waals surface area contributed by atoms with Crippen LogP contribution in [0.2, 0.25) is 0 Å². The Balaban J connectivity index is 1.77. The van der Waals surface area contributed by atoms with E-state index in [4.69, 9.17) is 9.47 Å². The third-order valence-corrected chi connectivity index (χ3v) is 4.97. The predicted octanol–water partition coefficient (Wildman–Crippen LogP) is 6.13. The molecular weight excluding hydrogens is 310 g/mol. The Hall–Kier alpha value is -1.32. The third kappa shape index (κ3) is 5.35. The van der Waals surface area contributed by atoms with E-state index in [-0.39, 0.29) is 11.5 Å². The molecule has 0 unspecified atom stereocenters. The van der Waals surface area contributed by atoms with E-state index >= 15 is 0 Å². The van der Waals surface area contributed by atoms with Crippen LogP contribution in [0.3, 0.4) is 0 Å². The van der Waals surface area contributed by atoms with Gasteiger partial charge in [-0.1, -0.05) is 45.4 Å². The first-order valence-corrected chi connectivity index (χ1v) is 9.39. The summed E-state index contributed by atoms with van der Waals surface area (Å²) in [6.07, 6.45) is 9.98. The molecule has 2 rings (SSSR count). The average Bonchev–Trinajstić information content (AvgIpc) is 2.60. The van der Waals surface area contributed by atoms with Crippen molar-refractivity contribution in [1.82, 2.24) is 0 Å². The SMILES string of the molecule is CCCCCC1CCC(COc2ccc(OCC)c(F)c2F)CC1. The summed E-state index contributed by atoms with van der Waals surface area (Å²) in [5.74, 6) is -0.701. The van der Waals surface area contributed by atoms with Gasteiger partial charge in [0.25, 0.3) is 0 Å². The molecular formula is C20H30F2O2. The Morgan fingerprint density at radius 1 is 0.875 bits per heavy atom. The van der Waals surface area contributed by atoms with Gasteiger partial charge in [-0.2, -0.15) is 8.78 Å². The molecule has 0 spiro atoms. The molecule has 136 valence electrons. The summed E-state index contributed by atoms with van der Waals surface area (Å²) in [4.78, 5) is 0. The van der Waals surface area contributed by atoms with Crippen molar-refractivity contribution in [1.29, 1.82) is 0 Å². The zero-order chi connectivity index (χ0) is 17.4. The van der Waals surface area contributed by atoms with E-state index in [0.717, 1.165) is 18.8 Å². The quantitative estimate of drug-likeness (QED) is 0.503. The second-order valence-electron chi connectivity index (χ2n) is 6.82. The number of unbranched alkanes of at least 4 members (excludes halogenated alkanes) is 2. The van der Waals surface area contributed by atoms with Crippen LogP contribution < -0.4 is 9.47 Å². The van der Waals surface area contributed by atoms with Crippen LogP contribution >= 0.6 is 0 Å². The summed E-state index contributed by atoms with van der Waals surface area (Å²) >= 11 is 0. The monoisotopic (exact) mass is 340 g/mol. The van der Waals surface area contributed by atoms with E-state index in [1.807, 2.05) is 0 Å². The lowest BCUT2D eigenvalue weighted by Gasteiger charge is -2.28. The van der Waals surface area contributed by atoms with Gasteiger partial charge in [0.1, 0.15) is 0 Å². The van der Waals surface area contributed by atoms with Crippen molar-refractivity contribution < 1.29 is 18.3 Å². The van der Waals surface area contributed by atoms with Crippen molar-refractivity contribution in [3.8, 4) is 11.5 Å². The van der Waals surface area contributed by atoms with Crippen LogP contribution in [0.5, 0.6) is 11.5 Å². The molecule has 0 N–H and O–H groups in total. The highest BCUT2D eigenvalue weighted by Crippen LogP contribution is 2.33. The first-order valence-electron chi connectivity index (χ1n) is 9.39. The van der Waals surface area contributed by atoms with Crippen molar-refractivity contribution in [3.05, 3.63) is 23.8 Å². The van der Waals surface area contributed by atoms with Gasteiger partial charge >= 0.3 is 0 Å². The van der Waals surface area contributed by atoms with E-state index in [2.05, 4.69) is 6.92 Å². The minimum absolute atomic E-state index is 0.0129. The van der Waals surface area contributed by atoms with Gasteiger partial charge in [-0.05, 0) is 43.7 Å². The lowest BCUT2D eigenvalue weighted by Crippen LogP contribution is -2.20. The fraction of sp³-hybridized carbons (Fsp3) is 0.700. The van der Waals surface area contributed by atoms with E-state index in [1.165, 1.54) is 50.7 Å². The number of ether oxygens (including phenoxy) is 2. The smallest absolute Gasteiger partial charge is 0.204 e. The largest absolute Gasteiger partial charge is 0.491 e. The fourth-order valence-electron chi connectivity index (χ4n) is 3.47. The van der Waals surface area contributed by atoms with Crippen LogP contribution in [0.25, 0.3) is 0 Å². The molecule has 0 amide bonds. The summed E-state index contributed by atoms with van der Waals surface area (Å²) in [6, 6.07) is 2.89. The number of rotatable bonds is 9. The van der Waals surface area contributed by atoms with Crippen molar-refractivity contribution in [2.24, 2.45) is 11.8 Å². The van der Waals surface area contributed by atoms with Crippen molar-refractivity contribution >= 4 is 0 Å². The maximum atomic E-state index is 14.0. The molecule has 4 heteroatoms. The Labute approximate surface area is 144 Å². The zero-order valence-corrected chi connectivity index (χ0v) is 15.0. The molecule has 0 saturated heterocycles. The fourth-order valence-corrected chi connectivity index (χ4v) is 3.47. The van der Waals surface area contributed by atoms with Crippen LogP contribution in [0.4, 0.5) is 8.78 Å². The van der Waals surface area contributed by atoms with E-state index < -0.39 is 11.6 Å². The van der Waals surface area contributed by atoms with Crippen LogP contribution in [-0.2, 0) is 0 Å². The summed E-state index contributed by atoms with van der Waals surface area (Å²) < 4.78 is 38.4. The average molecular weight is 340 g/mol. The maximum absolute atomic E-state index is 14.0. The van der Waals surface area contributed by atoms with Crippen molar-refractivity contribution in [2.75, 3.05) is 13.2 Å². The molecule has 0 radical (unpaired) electrons. The Morgan fingerprint density at radius 3 is 2.04 bits per heavy atom. The molecule has 2 nitrogen and oxygen atoms in total. The van der Waals surface area contributed by atoms with Gasteiger partial charge in [0.05, 0.1) is 13.2 Å². The molecule has 1 fully saturated rings. The first kappa shape index (κ1) is 19.0. The van der Waals surface area contributed by atoms with Gasteiger partial charge in [-0.15, -0.1) is 0 Å². The maximum Gasteiger partial charge on any atom is 0.204 e. The number of hydrogen-bond acceptors (Lipinski definition) is 2. The number of benzene rings is 1. The summed E-state index contributed by atoms with van der Waals surface area (Å²) in [7, 11) is 0. The van der Waals surface area contributed by atoms with Gasteiger partial charge < -0.3 is 9.47 Å². The minimum atomic E-state index is -0.964. The molecule has 1 aromatic carbocycles. The first-order chi connectivity index (χ1) is 11.7. The highest BCUT2D eigenvalue weighted by atomic mass is 19.2. The molecule has 1 aliphatic carbocycles. The van der Waals surface area contributed by atoms with Crippen molar-refractivity contribution in [2.45, 2.75) is 65.2 Å². The van der Waals surface area contributed by atoms with Crippen LogP contribution in [0.1, 0.15) is 65.2 Å². The third-order valence-electron chi connectivity index (χ3n) is 4.97. The standard InChI is InChI=1S/C20H30F2O2/c1-3-5-6-7-15-8-10-16(11-9-15)14-24-18-13-12-17(23-4-2)19(21)20(18)22/h12-13,15-16H,3-11,14H2,1-2H3. The topological polar surface area (TPSA) is 18.5 Å². The lowest BCUT2D eigenvalue weighted by atomic mass is 9.80. The molecule has 1 aliphatic rings.